The minimum atomic E-state index is -0.436. The lowest BCUT2D eigenvalue weighted by atomic mass is 10.1. The van der Waals surface area contributed by atoms with Crippen molar-refractivity contribution in [2.45, 2.75) is 40.6 Å². The molecule has 0 fully saturated rings. The molecule has 0 amide bonds. The summed E-state index contributed by atoms with van der Waals surface area (Å²) in [5.41, 5.74) is 6.16. The van der Waals surface area contributed by atoms with Crippen molar-refractivity contribution in [1.82, 2.24) is 0 Å². The Balaban J connectivity index is 1.86. The lowest BCUT2D eigenvalue weighted by Crippen LogP contribution is -2.11. The number of hydrogen-bond acceptors (Lipinski definition) is 7. The van der Waals surface area contributed by atoms with Crippen molar-refractivity contribution in [3.63, 3.8) is 0 Å². The van der Waals surface area contributed by atoms with Crippen molar-refractivity contribution >= 4 is 35.0 Å². The molecule has 0 atom stereocenters. The van der Waals surface area contributed by atoms with Crippen LogP contribution in [0.2, 0.25) is 0 Å². The molecule has 40 heavy (non-hydrogen) atoms. The molecule has 0 saturated carbocycles. The maximum Gasteiger partial charge on any atom is 0.333 e. The molecular formula is C33H33NO6. The minimum absolute atomic E-state index is 0.140. The Morgan fingerprint density at radius 3 is 0.925 bits per heavy atom. The summed E-state index contributed by atoms with van der Waals surface area (Å²) in [7, 11) is 0. The quantitative estimate of drug-likeness (QED) is 0.139. The number of nitrogens with zero attached hydrogens (tertiary/aromatic N) is 1. The second kappa shape index (κ2) is 13.8. The van der Waals surface area contributed by atoms with E-state index in [0.717, 1.165) is 33.8 Å². The fourth-order valence-electron chi connectivity index (χ4n) is 3.49. The number of benzene rings is 3. The average Bonchev–Trinajstić information content (AvgIpc) is 2.95. The van der Waals surface area contributed by atoms with Crippen molar-refractivity contribution in [2.75, 3.05) is 4.90 Å². The molecule has 7 nitrogen and oxygen atoms in total. The largest absolute Gasteiger partial charge is 0.457 e. The number of carbonyl (C=O) groups is 3. The molecule has 0 saturated heterocycles. The van der Waals surface area contributed by atoms with Gasteiger partial charge in [-0.05, 0) is 73.9 Å². The van der Waals surface area contributed by atoms with E-state index in [-0.39, 0.29) is 19.8 Å². The standard InChI is InChI=1S/C33H33NO6/c1-22(2)31(35)38-19-25-7-13-28(14-8-25)34(29-15-9-26(10-16-29)20-39-32(36)23(3)4)30-17-11-27(12-18-30)21-40-33(37)24(5)6/h7-18H,1,3,5,19-21H2,2,4,6H3. The molecule has 0 unspecified atom stereocenters. The van der Waals surface area contributed by atoms with E-state index < -0.39 is 17.9 Å². The highest BCUT2D eigenvalue weighted by atomic mass is 16.5. The van der Waals surface area contributed by atoms with Gasteiger partial charge in [-0.1, -0.05) is 56.1 Å². The van der Waals surface area contributed by atoms with Crippen LogP contribution in [0, 0.1) is 0 Å². The Hall–Kier alpha value is -4.91. The maximum absolute atomic E-state index is 11.8. The van der Waals surface area contributed by atoms with E-state index >= 15 is 0 Å². The van der Waals surface area contributed by atoms with Gasteiger partial charge in [0.2, 0.25) is 0 Å². The molecule has 0 aromatic heterocycles. The summed E-state index contributed by atoms with van der Waals surface area (Å²) < 4.78 is 15.8. The van der Waals surface area contributed by atoms with Crippen LogP contribution in [0.1, 0.15) is 37.5 Å². The summed E-state index contributed by atoms with van der Waals surface area (Å²) in [6.45, 7) is 16.0. The van der Waals surface area contributed by atoms with Gasteiger partial charge in [0.25, 0.3) is 0 Å². The molecule has 7 heteroatoms. The van der Waals surface area contributed by atoms with E-state index in [1.54, 1.807) is 20.8 Å². The molecule has 0 aliphatic rings. The molecule has 0 aliphatic carbocycles. The van der Waals surface area contributed by atoms with E-state index in [9.17, 15) is 14.4 Å². The number of carbonyl (C=O) groups excluding carboxylic acids is 3. The SMILES string of the molecule is C=C(C)C(=O)OCc1ccc(N(c2ccc(COC(=O)C(=C)C)cc2)c2ccc(COC(=O)C(=C)C)cc2)cc1. The Labute approximate surface area is 235 Å². The second-order valence-corrected chi connectivity index (χ2v) is 9.40. The monoisotopic (exact) mass is 539 g/mol. The first-order valence-electron chi connectivity index (χ1n) is 12.6. The highest BCUT2D eigenvalue weighted by molar-refractivity contribution is 5.87. The highest BCUT2D eigenvalue weighted by Gasteiger charge is 2.14. The first-order valence-corrected chi connectivity index (χ1v) is 12.6. The predicted octanol–water partition coefficient (Wildman–Crippen LogP) is 7.01. The Bertz CT molecular complexity index is 1230. The van der Waals surface area contributed by atoms with Crippen LogP contribution in [0.5, 0.6) is 0 Å². The van der Waals surface area contributed by atoms with Crippen LogP contribution in [0.25, 0.3) is 0 Å². The molecule has 3 rings (SSSR count). The first-order chi connectivity index (χ1) is 19.0. The van der Waals surface area contributed by atoms with Gasteiger partial charge in [-0.25, -0.2) is 14.4 Å². The van der Waals surface area contributed by atoms with Gasteiger partial charge in [0.15, 0.2) is 0 Å². The zero-order valence-corrected chi connectivity index (χ0v) is 23.1. The third-order valence-corrected chi connectivity index (χ3v) is 5.74. The van der Waals surface area contributed by atoms with E-state index in [2.05, 4.69) is 24.6 Å². The Morgan fingerprint density at radius 2 is 0.725 bits per heavy atom. The van der Waals surface area contributed by atoms with E-state index in [1.807, 2.05) is 72.8 Å². The van der Waals surface area contributed by atoms with E-state index in [1.165, 1.54) is 0 Å². The molecular weight excluding hydrogens is 506 g/mol. The fourth-order valence-corrected chi connectivity index (χ4v) is 3.49. The van der Waals surface area contributed by atoms with E-state index in [0.29, 0.717) is 16.7 Å². The van der Waals surface area contributed by atoms with E-state index in [4.69, 9.17) is 14.2 Å². The fraction of sp³-hybridized carbons (Fsp3) is 0.182. The van der Waals surface area contributed by atoms with Crippen LogP contribution >= 0.6 is 0 Å². The zero-order chi connectivity index (χ0) is 29.2. The lowest BCUT2D eigenvalue weighted by molar-refractivity contribution is -0.141. The third-order valence-electron chi connectivity index (χ3n) is 5.74. The third kappa shape index (κ3) is 8.30. The summed E-state index contributed by atoms with van der Waals surface area (Å²) in [6, 6.07) is 23.0. The van der Waals surface area contributed by atoms with Crippen molar-refractivity contribution in [3.8, 4) is 0 Å². The number of esters is 3. The summed E-state index contributed by atoms with van der Waals surface area (Å²) in [4.78, 5) is 37.3. The van der Waals surface area contributed by atoms with Gasteiger partial charge in [-0.15, -0.1) is 0 Å². The molecule has 0 bridgehead atoms. The zero-order valence-electron chi connectivity index (χ0n) is 23.1. The van der Waals surface area contributed by atoms with Crippen LogP contribution in [0.4, 0.5) is 17.1 Å². The van der Waals surface area contributed by atoms with Crippen molar-refractivity contribution in [3.05, 3.63) is 126 Å². The average molecular weight is 540 g/mol. The molecule has 3 aromatic rings. The van der Waals surface area contributed by atoms with Crippen LogP contribution in [-0.2, 0) is 48.4 Å². The number of hydrogen-bond donors (Lipinski definition) is 0. The first kappa shape index (κ1) is 29.6. The molecule has 3 aromatic carbocycles. The van der Waals surface area contributed by atoms with Gasteiger partial charge in [0.1, 0.15) is 19.8 Å². The minimum Gasteiger partial charge on any atom is -0.457 e. The Kier molecular flexibility index (Phi) is 10.2. The van der Waals surface area contributed by atoms with Crippen LogP contribution in [0.15, 0.2) is 109 Å². The lowest BCUT2D eigenvalue weighted by Gasteiger charge is -2.26. The molecule has 0 N–H and O–H groups in total. The van der Waals surface area contributed by atoms with Gasteiger partial charge in [0.05, 0.1) is 0 Å². The predicted molar refractivity (Wildman–Crippen MR) is 155 cm³/mol. The maximum atomic E-state index is 11.8. The van der Waals surface area contributed by atoms with Crippen LogP contribution in [0.3, 0.4) is 0 Å². The second-order valence-electron chi connectivity index (χ2n) is 9.40. The molecule has 206 valence electrons. The molecule has 0 radical (unpaired) electrons. The highest BCUT2D eigenvalue weighted by Crippen LogP contribution is 2.35. The molecule has 0 heterocycles. The number of ether oxygens (including phenoxy) is 3. The van der Waals surface area contributed by atoms with Crippen LogP contribution < -0.4 is 4.90 Å². The van der Waals surface area contributed by atoms with Gasteiger partial charge in [-0.2, -0.15) is 0 Å². The molecule has 0 aliphatic heterocycles. The van der Waals surface area contributed by atoms with Crippen molar-refractivity contribution < 1.29 is 28.6 Å². The molecule has 0 spiro atoms. The van der Waals surface area contributed by atoms with Crippen molar-refractivity contribution in [2.24, 2.45) is 0 Å². The van der Waals surface area contributed by atoms with Gasteiger partial charge in [-0.3, -0.25) is 0 Å². The summed E-state index contributed by atoms with van der Waals surface area (Å²) >= 11 is 0. The normalized spacial score (nSPS) is 10.3. The van der Waals surface area contributed by atoms with Gasteiger partial charge < -0.3 is 19.1 Å². The summed E-state index contributed by atoms with van der Waals surface area (Å²) in [5, 5.41) is 0. The van der Waals surface area contributed by atoms with Gasteiger partial charge >= 0.3 is 17.9 Å². The topological polar surface area (TPSA) is 82.1 Å². The smallest absolute Gasteiger partial charge is 0.333 e. The number of anilines is 3. The Morgan fingerprint density at radius 1 is 0.500 bits per heavy atom. The van der Waals surface area contributed by atoms with Gasteiger partial charge in [0, 0.05) is 33.8 Å². The number of rotatable bonds is 12. The van der Waals surface area contributed by atoms with Crippen LogP contribution in [-0.4, -0.2) is 17.9 Å². The summed E-state index contributed by atoms with van der Waals surface area (Å²) in [6.07, 6.45) is 0. The van der Waals surface area contributed by atoms with Crippen molar-refractivity contribution in [1.29, 1.82) is 0 Å². The summed E-state index contributed by atoms with van der Waals surface area (Å²) in [5.74, 6) is -1.31.